The molecule has 2 aliphatic heterocycles. The van der Waals surface area contributed by atoms with Gasteiger partial charge in [0.2, 0.25) is 11.8 Å². The van der Waals surface area contributed by atoms with Crippen LogP contribution in [0, 0.1) is 11.8 Å². The zero-order chi connectivity index (χ0) is 15.8. The molecule has 0 bridgehead atoms. The zero-order valence-electron chi connectivity index (χ0n) is 13.8. The minimum Gasteiger partial charge on any atom is -0.381 e. The molecule has 4 unspecified atom stereocenters. The van der Waals surface area contributed by atoms with Crippen LogP contribution in [0.5, 0.6) is 0 Å². The van der Waals surface area contributed by atoms with Gasteiger partial charge in [-0.1, -0.05) is 20.8 Å². The standard InChI is InChI=1S/C16H28N2O3/c1-6-16(5)15(20)18(11(4)12-7-8-21-9-12)13(10(2)3)14(19)17-16/h10-13H,6-9H2,1-5H3,(H,17,19). The molecule has 2 amide bonds. The van der Waals surface area contributed by atoms with Crippen molar-refractivity contribution in [3.63, 3.8) is 0 Å². The molecule has 2 fully saturated rings. The predicted molar refractivity (Wildman–Crippen MR) is 80.7 cm³/mol. The number of hydrogen-bond donors (Lipinski definition) is 1. The quantitative estimate of drug-likeness (QED) is 0.856. The molecule has 0 aliphatic carbocycles. The van der Waals surface area contributed by atoms with Crippen LogP contribution in [-0.4, -0.2) is 47.6 Å². The van der Waals surface area contributed by atoms with Crippen molar-refractivity contribution in [2.24, 2.45) is 11.8 Å². The van der Waals surface area contributed by atoms with Crippen molar-refractivity contribution in [1.29, 1.82) is 0 Å². The van der Waals surface area contributed by atoms with Gasteiger partial charge in [-0.3, -0.25) is 9.59 Å². The first kappa shape index (κ1) is 16.3. The van der Waals surface area contributed by atoms with Crippen LogP contribution in [0.2, 0.25) is 0 Å². The highest BCUT2D eigenvalue weighted by molar-refractivity contribution is 5.99. The fourth-order valence-electron chi connectivity index (χ4n) is 3.40. The lowest BCUT2D eigenvalue weighted by Gasteiger charge is -2.49. The molecule has 5 nitrogen and oxygen atoms in total. The number of hydrogen-bond acceptors (Lipinski definition) is 3. The number of nitrogens with one attached hydrogen (secondary N) is 1. The van der Waals surface area contributed by atoms with E-state index in [2.05, 4.69) is 12.2 Å². The molecule has 2 heterocycles. The van der Waals surface area contributed by atoms with Gasteiger partial charge in [0.1, 0.15) is 11.6 Å². The number of nitrogens with zero attached hydrogens (tertiary/aromatic N) is 1. The summed E-state index contributed by atoms with van der Waals surface area (Å²) in [7, 11) is 0. The Morgan fingerprint density at radius 3 is 2.52 bits per heavy atom. The zero-order valence-corrected chi connectivity index (χ0v) is 13.8. The minimum absolute atomic E-state index is 0.0280. The molecule has 2 aliphatic rings. The van der Waals surface area contributed by atoms with Crippen molar-refractivity contribution in [3.05, 3.63) is 0 Å². The first-order chi connectivity index (χ1) is 9.81. The summed E-state index contributed by atoms with van der Waals surface area (Å²) in [6, 6.07) is -0.350. The lowest BCUT2D eigenvalue weighted by atomic mass is 9.85. The lowest BCUT2D eigenvalue weighted by Crippen LogP contribution is -2.72. The van der Waals surface area contributed by atoms with Gasteiger partial charge in [0.25, 0.3) is 0 Å². The molecule has 21 heavy (non-hydrogen) atoms. The van der Waals surface area contributed by atoms with Crippen LogP contribution >= 0.6 is 0 Å². The van der Waals surface area contributed by atoms with Gasteiger partial charge in [0.15, 0.2) is 0 Å². The second-order valence-electron chi connectivity index (χ2n) is 6.94. The van der Waals surface area contributed by atoms with Gasteiger partial charge in [-0.05, 0) is 32.6 Å². The highest BCUT2D eigenvalue weighted by atomic mass is 16.5. The normalized spacial score (nSPS) is 35.2. The van der Waals surface area contributed by atoms with E-state index in [1.165, 1.54) is 0 Å². The molecular formula is C16H28N2O3. The van der Waals surface area contributed by atoms with Gasteiger partial charge >= 0.3 is 0 Å². The first-order valence-corrected chi connectivity index (χ1v) is 8.04. The summed E-state index contributed by atoms with van der Waals surface area (Å²) in [5, 5.41) is 2.94. The topological polar surface area (TPSA) is 58.6 Å². The maximum absolute atomic E-state index is 13.0. The van der Waals surface area contributed by atoms with Crippen LogP contribution in [0.1, 0.15) is 47.5 Å². The third-order valence-electron chi connectivity index (χ3n) is 5.10. The Balaban J connectivity index is 2.33. The number of carbonyl (C=O) groups is 2. The number of rotatable bonds is 4. The maximum Gasteiger partial charge on any atom is 0.248 e. The summed E-state index contributed by atoms with van der Waals surface area (Å²) in [4.78, 5) is 27.4. The molecule has 120 valence electrons. The van der Waals surface area contributed by atoms with Crippen LogP contribution in [0.25, 0.3) is 0 Å². The molecule has 0 radical (unpaired) electrons. The van der Waals surface area contributed by atoms with Crippen LogP contribution < -0.4 is 5.32 Å². The van der Waals surface area contributed by atoms with Crippen molar-refractivity contribution in [2.75, 3.05) is 13.2 Å². The summed E-state index contributed by atoms with van der Waals surface area (Å²) in [5.41, 5.74) is -0.782. The number of carbonyl (C=O) groups excluding carboxylic acids is 2. The fourth-order valence-corrected chi connectivity index (χ4v) is 3.40. The third-order valence-corrected chi connectivity index (χ3v) is 5.10. The van der Waals surface area contributed by atoms with Crippen LogP contribution in [0.15, 0.2) is 0 Å². The molecular weight excluding hydrogens is 268 g/mol. The number of ether oxygens (including phenoxy) is 1. The van der Waals surface area contributed by atoms with Gasteiger partial charge < -0.3 is 15.0 Å². The summed E-state index contributed by atoms with van der Waals surface area (Å²) in [6.45, 7) is 11.3. The van der Waals surface area contributed by atoms with Crippen molar-refractivity contribution in [2.45, 2.75) is 65.1 Å². The molecule has 1 N–H and O–H groups in total. The number of amides is 2. The fraction of sp³-hybridized carbons (Fsp3) is 0.875. The largest absolute Gasteiger partial charge is 0.381 e. The minimum atomic E-state index is -0.782. The molecule has 0 spiro atoms. The highest BCUT2D eigenvalue weighted by Gasteiger charge is 2.50. The van der Waals surface area contributed by atoms with E-state index in [9.17, 15) is 9.59 Å². The molecule has 2 rings (SSSR count). The smallest absolute Gasteiger partial charge is 0.248 e. The third kappa shape index (κ3) is 2.80. The van der Waals surface area contributed by atoms with E-state index in [0.717, 1.165) is 13.0 Å². The Bertz CT molecular complexity index is 418. The van der Waals surface area contributed by atoms with Crippen LogP contribution in [-0.2, 0) is 14.3 Å². The second kappa shape index (κ2) is 5.95. The summed E-state index contributed by atoms with van der Waals surface area (Å²) in [6.07, 6.45) is 1.56. The molecule has 0 aromatic carbocycles. The Kier molecular flexibility index (Phi) is 4.61. The average molecular weight is 296 g/mol. The second-order valence-corrected chi connectivity index (χ2v) is 6.94. The van der Waals surface area contributed by atoms with Gasteiger partial charge in [0.05, 0.1) is 6.61 Å². The van der Waals surface area contributed by atoms with Crippen LogP contribution in [0.4, 0.5) is 0 Å². The molecule has 0 aromatic rings. The Morgan fingerprint density at radius 2 is 2.05 bits per heavy atom. The summed E-state index contributed by atoms with van der Waals surface area (Å²) in [5.74, 6) is 0.435. The molecule has 0 saturated carbocycles. The van der Waals surface area contributed by atoms with Crippen LogP contribution in [0.3, 0.4) is 0 Å². The summed E-state index contributed by atoms with van der Waals surface area (Å²) >= 11 is 0. The monoisotopic (exact) mass is 296 g/mol. The summed E-state index contributed by atoms with van der Waals surface area (Å²) < 4.78 is 5.47. The Hall–Kier alpha value is -1.10. The van der Waals surface area contributed by atoms with E-state index >= 15 is 0 Å². The van der Waals surface area contributed by atoms with E-state index < -0.39 is 5.54 Å². The van der Waals surface area contributed by atoms with Gasteiger partial charge in [-0.2, -0.15) is 0 Å². The Labute approximate surface area is 127 Å². The van der Waals surface area contributed by atoms with Gasteiger partial charge in [-0.25, -0.2) is 0 Å². The highest BCUT2D eigenvalue weighted by Crippen LogP contribution is 2.31. The molecule has 4 atom stereocenters. The van der Waals surface area contributed by atoms with Gasteiger partial charge in [0, 0.05) is 18.6 Å². The van der Waals surface area contributed by atoms with Gasteiger partial charge in [-0.15, -0.1) is 0 Å². The predicted octanol–water partition coefficient (Wildman–Crippen LogP) is 1.56. The van der Waals surface area contributed by atoms with Crippen molar-refractivity contribution < 1.29 is 14.3 Å². The SMILES string of the molecule is CCC1(C)NC(=O)C(C(C)C)N(C(C)C2CCOC2)C1=O. The van der Waals surface area contributed by atoms with E-state index in [-0.39, 0.29) is 29.8 Å². The van der Waals surface area contributed by atoms with E-state index in [4.69, 9.17) is 4.74 Å². The van der Waals surface area contributed by atoms with Crippen molar-refractivity contribution in [1.82, 2.24) is 10.2 Å². The van der Waals surface area contributed by atoms with E-state index in [1.807, 2.05) is 32.6 Å². The molecule has 0 aromatic heterocycles. The molecule has 2 saturated heterocycles. The van der Waals surface area contributed by atoms with Crippen molar-refractivity contribution >= 4 is 11.8 Å². The van der Waals surface area contributed by atoms with E-state index in [1.54, 1.807) is 0 Å². The maximum atomic E-state index is 13.0. The van der Waals surface area contributed by atoms with E-state index in [0.29, 0.717) is 18.9 Å². The Morgan fingerprint density at radius 1 is 1.38 bits per heavy atom. The lowest BCUT2D eigenvalue weighted by molar-refractivity contribution is -0.160. The first-order valence-electron chi connectivity index (χ1n) is 8.04. The molecule has 5 heteroatoms. The van der Waals surface area contributed by atoms with Crippen molar-refractivity contribution in [3.8, 4) is 0 Å². The average Bonchev–Trinajstić information content (AvgIpc) is 2.95. The number of piperazine rings is 1.